The summed E-state index contributed by atoms with van der Waals surface area (Å²) in [5, 5.41) is 8.78. The van der Waals surface area contributed by atoms with Crippen molar-refractivity contribution in [2.24, 2.45) is 0 Å². The van der Waals surface area contributed by atoms with E-state index in [1.54, 1.807) is 6.92 Å². The van der Waals surface area contributed by atoms with Crippen LogP contribution < -0.4 is 0 Å². The number of rotatable bonds is 5. The van der Waals surface area contributed by atoms with Crippen LogP contribution in [0.2, 0.25) is 0 Å². The molecule has 0 amide bonds. The zero-order valence-electron chi connectivity index (χ0n) is 18.1. The minimum atomic E-state index is 0.0918. The Morgan fingerprint density at radius 1 is 1.09 bits per heavy atom. The molecule has 1 aromatic carbocycles. The third kappa shape index (κ3) is 3.48. The summed E-state index contributed by atoms with van der Waals surface area (Å²) in [6.45, 7) is 5.71. The molecule has 2 N–H and O–H groups in total. The van der Waals surface area contributed by atoms with Crippen LogP contribution in [0.4, 0.5) is 0 Å². The number of thiophene rings is 1. The maximum Gasteiger partial charge on any atom is 0.169 e. The summed E-state index contributed by atoms with van der Waals surface area (Å²) >= 11 is 1.52. The summed E-state index contributed by atoms with van der Waals surface area (Å²) in [4.78, 5) is 21.2. The van der Waals surface area contributed by atoms with Gasteiger partial charge in [0.15, 0.2) is 5.78 Å². The van der Waals surface area contributed by atoms with Gasteiger partial charge in [0, 0.05) is 40.0 Å². The van der Waals surface area contributed by atoms with Crippen molar-refractivity contribution >= 4 is 33.6 Å². The Balaban J connectivity index is 1.54. The number of nitrogens with zero attached hydrogens (tertiary/aromatic N) is 2. The fraction of sp³-hybridized carbons (Fsp3) is 0.115. The van der Waals surface area contributed by atoms with Gasteiger partial charge in [0.25, 0.3) is 0 Å². The number of H-pyrrole nitrogens is 2. The average Bonchev–Trinajstić information content (AvgIpc) is 3.54. The Bertz CT molecular complexity index is 1480. The van der Waals surface area contributed by atoms with Gasteiger partial charge in [0.2, 0.25) is 0 Å². The van der Waals surface area contributed by atoms with E-state index in [9.17, 15) is 4.79 Å². The van der Waals surface area contributed by atoms with E-state index in [0.717, 1.165) is 54.3 Å². The lowest BCUT2D eigenvalue weighted by Gasteiger charge is -2.05. The molecule has 0 fully saturated rings. The first kappa shape index (κ1) is 20.2. The van der Waals surface area contributed by atoms with Crippen LogP contribution in [-0.2, 0) is 0 Å². The summed E-state index contributed by atoms with van der Waals surface area (Å²) in [5.41, 5.74) is 8.37. The highest BCUT2D eigenvalue weighted by Gasteiger charge is 2.15. The normalized spacial score (nSPS) is 11.9. The summed E-state index contributed by atoms with van der Waals surface area (Å²) in [5.74, 6) is 0.0918. The van der Waals surface area contributed by atoms with Crippen LogP contribution in [0.25, 0.3) is 39.0 Å². The maximum atomic E-state index is 11.7. The van der Waals surface area contributed by atoms with Crippen LogP contribution in [-0.4, -0.2) is 25.9 Å². The van der Waals surface area contributed by atoms with E-state index < -0.39 is 0 Å². The zero-order valence-corrected chi connectivity index (χ0v) is 18.9. The topological polar surface area (TPSA) is 74.4 Å². The fourth-order valence-electron chi connectivity index (χ4n) is 3.96. The first-order chi connectivity index (χ1) is 15.5. The largest absolute Gasteiger partial charge is 0.359 e. The molecule has 0 atom stereocenters. The summed E-state index contributed by atoms with van der Waals surface area (Å²) in [7, 11) is 0. The highest BCUT2D eigenvalue weighted by atomic mass is 32.1. The van der Waals surface area contributed by atoms with Gasteiger partial charge in [0.1, 0.15) is 5.69 Å². The molecule has 5 aromatic rings. The second kappa shape index (κ2) is 8.05. The quantitative estimate of drug-likeness (QED) is 0.302. The van der Waals surface area contributed by atoms with E-state index in [1.807, 2.05) is 43.7 Å². The lowest BCUT2D eigenvalue weighted by atomic mass is 10.0. The number of aromatic amines is 2. The number of nitrogens with one attached hydrogen (secondary N) is 2. The number of hydrogen-bond acceptors (Lipinski definition) is 4. The predicted molar refractivity (Wildman–Crippen MR) is 131 cm³/mol. The number of allylic oxidation sites excluding steroid dienone is 1. The van der Waals surface area contributed by atoms with Crippen molar-refractivity contribution in [2.45, 2.75) is 20.8 Å². The Hall–Kier alpha value is -3.77. The van der Waals surface area contributed by atoms with Crippen LogP contribution in [0.5, 0.6) is 0 Å². The maximum absolute atomic E-state index is 11.7. The van der Waals surface area contributed by atoms with Gasteiger partial charge in [-0.2, -0.15) is 5.10 Å². The lowest BCUT2D eigenvalue weighted by Crippen LogP contribution is -1.85. The first-order valence-corrected chi connectivity index (χ1v) is 11.2. The van der Waals surface area contributed by atoms with Crippen LogP contribution in [0, 0.1) is 6.92 Å². The second-order valence-electron chi connectivity index (χ2n) is 7.75. The van der Waals surface area contributed by atoms with Crippen LogP contribution in [0.1, 0.15) is 39.5 Å². The Morgan fingerprint density at radius 2 is 1.94 bits per heavy atom. The molecular weight excluding hydrogens is 416 g/mol. The summed E-state index contributed by atoms with van der Waals surface area (Å²) < 4.78 is 0. The summed E-state index contributed by atoms with van der Waals surface area (Å²) in [6, 6.07) is 14.3. The number of carbonyl (C=O) groups excluding carboxylic acids is 1. The molecule has 0 saturated heterocycles. The molecule has 0 spiro atoms. The molecule has 4 heterocycles. The highest BCUT2D eigenvalue weighted by Crippen LogP contribution is 2.34. The number of aromatic nitrogens is 4. The molecular formula is C26H22N4OS. The molecule has 158 valence electrons. The van der Waals surface area contributed by atoms with Crippen LogP contribution in [0.15, 0.2) is 67.1 Å². The number of carbonyl (C=O) groups is 1. The molecule has 5 nitrogen and oxygen atoms in total. The van der Waals surface area contributed by atoms with Gasteiger partial charge in [0.05, 0.1) is 16.1 Å². The van der Waals surface area contributed by atoms with E-state index in [2.05, 4.69) is 57.4 Å². The molecule has 0 aliphatic rings. The first-order valence-electron chi connectivity index (χ1n) is 10.4. The Labute approximate surface area is 189 Å². The minimum absolute atomic E-state index is 0.0918. The van der Waals surface area contributed by atoms with Crippen LogP contribution >= 0.6 is 11.3 Å². The van der Waals surface area contributed by atoms with Crippen molar-refractivity contribution in [3.63, 3.8) is 0 Å². The number of Topliss-reactive ketones (excluding diaryl/α,β-unsaturated/α-hetero) is 1. The zero-order chi connectivity index (χ0) is 22.2. The van der Waals surface area contributed by atoms with Gasteiger partial charge >= 0.3 is 0 Å². The third-order valence-electron chi connectivity index (χ3n) is 5.67. The molecule has 0 aliphatic carbocycles. The van der Waals surface area contributed by atoms with Crippen molar-refractivity contribution in [1.82, 2.24) is 20.2 Å². The molecule has 0 radical (unpaired) electrons. The number of fused-ring (bicyclic) bond motifs is 1. The SMILES string of the molecule is C/C=C(\c1c[nH]c(-c2n[nH]c3ccc(-c4cnccc4C)cc23)c1)c1ccc(C(C)=O)s1. The van der Waals surface area contributed by atoms with E-state index in [4.69, 9.17) is 0 Å². The predicted octanol–water partition coefficient (Wildman–Crippen LogP) is 6.64. The van der Waals surface area contributed by atoms with Crippen molar-refractivity contribution in [1.29, 1.82) is 0 Å². The number of ketones is 1. The highest BCUT2D eigenvalue weighted by molar-refractivity contribution is 7.15. The fourth-order valence-corrected chi connectivity index (χ4v) is 4.96. The lowest BCUT2D eigenvalue weighted by molar-refractivity contribution is 0.102. The van der Waals surface area contributed by atoms with Gasteiger partial charge in [-0.15, -0.1) is 11.3 Å². The van der Waals surface area contributed by atoms with Gasteiger partial charge < -0.3 is 4.98 Å². The van der Waals surface area contributed by atoms with Gasteiger partial charge in [-0.05, 0) is 73.9 Å². The minimum Gasteiger partial charge on any atom is -0.359 e. The van der Waals surface area contributed by atoms with Crippen molar-refractivity contribution in [3.8, 4) is 22.5 Å². The smallest absolute Gasteiger partial charge is 0.169 e. The Kier molecular flexibility index (Phi) is 5.07. The molecule has 6 heteroatoms. The summed E-state index contributed by atoms with van der Waals surface area (Å²) in [6.07, 6.45) is 7.78. The van der Waals surface area contributed by atoms with Crippen molar-refractivity contribution in [3.05, 3.63) is 88.0 Å². The third-order valence-corrected chi connectivity index (χ3v) is 6.89. The van der Waals surface area contributed by atoms with Gasteiger partial charge in [-0.25, -0.2) is 0 Å². The van der Waals surface area contributed by atoms with E-state index in [0.29, 0.717) is 0 Å². The van der Waals surface area contributed by atoms with Crippen molar-refractivity contribution < 1.29 is 4.79 Å². The van der Waals surface area contributed by atoms with E-state index in [1.165, 1.54) is 16.9 Å². The number of aryl methyl sites for hydroxylation is 1. The van der Waals surface area contributed by atoms with E-state index in [-0.39, 0.29) is 5.78 Å². The van der Waals surface area contributed by atoms with Gasteiger partial charge in [-0.3, -0.25) is 14.9 Å². The number of pyridine rings is 1. The average molecular weight is 439 g/mol. The standard InChI is InChI=1S/C26H22N4OS/c1-4-19(25-8-7-24(32-25)16(3)31)18-12-23(28-13-18)26-20-11-17(5-6-22(20)29-30-26)21-14-27-10-9-15(21)2/h4-14,28H,1-3H3,(H,29,30)/b19-4+. The second-order valence-corrected chi connectivity index (χ2v) is 8.83. The molecule has 5 rings (SSSR count). The van der Waals surface area contributed by atoms with Crippen LogP contribution in [0.3, 0.4) is 0 Å². The van der Waals surface area contributed by atoms with E-state index >= 15 is 0 Å². The number of benzene rings is 1. The molecule has 32 heavy (non-hydrogen) atoms. The molecule has 0 aliphatic heterocycles. The molecule has 0 bridgehead atoms. The van der Waals surface area contributed by atoms with Crippen molar-refractivity contribution in [2.75, 3.05) is 0 Å². The molecule has 0 unspecified atom stereocenters. The Morgan fingerprint density at radius 3 is 2.69 bits per heavy atom. The number of hydrogen-bond donors (Lipinski definition) is 2. The monoisotopic (exact) mass is 438 g/mol. The van der Waals surface area contributed by atoms with Gasteiger partial charge in [-0.1, -0.05) is 12.1 Å². The molecule has 4 aromatic heterocycles. The molecule has 0 saturated carbocycles.